The zero-order valence-electron chi connectivity index (χ0n) is 11.3. The van der Waals surface area contributed by atoms with Crippen LogP contribution in [0, 0.1) is 0 Å². The zero-order valence-corrected chi connectivity index (χ0v) is 12.2. The highest BCUT2D eigenvalue weighted by atomic mass is 32.1. The van der Waals surface area contributed by atoms with Crippen LogP contribution >= 0.6 is 11.3 Å². The number of aromatic nitrogens is 3. The van der Waals surface area contributed by atoms with E-state index in [4.69, 9.17) is 4.42 Å². The van der Waals surface area contributed by atoms with Gasteiger partial charge >= 0.3 is 6.01 Å². The lowest BCUT2D eigenvalue weighted by atomic mass is 10.1. The summed E-state index contributed by atoms with van der Waals surface area (Å²) >= 11 is 1.76. The minimum absolute atomic E-state index is 0.471. The van der Waals surface area contributed by atoms with E-state index in [0.717, 1.165) is 17.5 Å². The molecule has 4 rings (SSSR count). The topological polar surface area (TPSA) is 63.8 Å². The predicted molar refractivity (Wildman–Crippen MR) is 76.9 cm³/mol. The number of hydrogen-bond acceptors (Lipinski definition) is 6. The van der Waals surface area contributed by atoms with Crippen LogP contribution in [0.1, 0.15) is 67.0 Å². The highest BCUT2D eigenvalue weighted by Gasteiger charge is 2.26. The van der Waals surface area contributed by atoms with Crippen LogP contribution in [0.2, 0.25) is 0 Å². The van der Waals surface area contributed by atoms with Gasteiger partial charge in [-0.1, -0.05) is 17.9 Å². The molecule has 0 spiro atoms. The Hall–Kier alpha value is -1.43. The minimum atomic E-state index is 0.471. The monoisotopic (exact) mass is 290 g/mol. The largest absolute Gasteiger partial charge is 0.408 e. The number of rotatable bonds is 5. The summed E-state index contributed by atoms with van der Waals surface area (Å²) in [6.45, 7) is 0.662. The highest BCUT2D eigenvalue weighted by molar-refractivity contribution is 7.09. The van der Waals surface area contributed by atoms with Crippen LogP contribution in [0.15, 0.2) is 9.80 Å². The molecule has 0 amide bonds. The molecule has 2 aliphatic rings. The summed E-state index contributed by atoms with van der Waals surface area (Å²) in [5, 5.41) is 14.8. The lowest BCUT2D eigenvalue weighted by Gasteiger charge is -2.01. The van der Waals surface area contributed by atoms with E-state index in [1.54, 1.807) is 11.3 Å². The standard InChI is InChI=1S/C14H18N4OS/c1-2-4-9(3-1)12-17-18-14(19-12)15-7-11-8-20-13(16-11)10-5-6-10/h8-10H,1-7H2,(H,15,18). The van der Waals surface area contributed by atoms with Crippen molar-refractivity contribution >= 4 is 17.4 Å². The van der Waals surface area contributed by atoms with E-state index in [9.17, 15) is 0 Å². The maximum atomic E-state index is 5.70. The van der Waals surface area contributed by atoms with Crippen molar-refractivity contribution < 1.29 is 4.42 Å². The Morgan fingerprint density at radius 2 is 2.00 bits per heavy atom. The summed E-state index contributed by atoms with van der Waals surface area (Å²) in [5.41, 5.74) is 1.07. The SMILES string of the molecule is c1sc(C2CC2)nc1CNc1nnc(C2CCCC2)o1. The molecule has 106 valence electrons. The maximum Gasteiger partial charge on any atom is 0.315 e. The smallest absolute Gasteiger partial charge is 0.315 e. The average Bonchev–Trinajstić information content (AvgIpc) is 2.93. The molecule has 2 heterocycles. The summed E-state index contributed by atoms with van der Waals surface area (Å²) in [4.78, 5) is 4.64. The third kappa shape index (κ3) is 2.57. The molecule has 0 bridgehead atoms. The molecule has 2 fully saturated rings. The van der Waals surface area contributed by atoms with Crippen molar-refractivity contribution in [1.29, 1.82) is 0 Å². The lowest BCUT2D eigenvalue weighted by molar-refractivity contribution is 0.456. The molecule has 2 aromatic rings. The third-order valence-electron chi connectivity index (χ3n) is 4.06. The molecule has 0 atom stereocenters. The van der Waals surface area contributed by atoms with Crippen molar-refractivity contribution in [2.75, 3.05) is 5.32 Å². The van der Waals surface area contributed by atoms with E-state index < -0.39 is 0 Å². The molecule has 0 unspecified atom stereocenters. The molecule has 2 saturated carbocycles. The normalized spacial score (nSPS) is 19.6. The van der Waals surface area contributed by atoms with Gasteiger partial charge in [-0.25, -0.2) is 4.98 Å². The molecule has 0 aromatic carbocycles. The average molecular weight is 290 g/mol. The first-order valence-electron chi connectivity index (χ1n) is 7.40. The first-order chi connectivity index (χ1) is 9.88. The number of nitrogens with one attached hydrogen (secondary N) is 1. The fraction of sp³-hybridized carbons (Fsp3) is 0.643. The Balaban J connectivity index is 1.36. The molecule has 1 N–H and O–H groups in total. The Bertz CT molecular complexity index is 584. The number of hydrogen-bond donors (Lipinski definition) is 1. The van der Waals surface area contributed by atoms with Gasteiger partial charge in [-0.3, -0.25) is 0 Å². The van der Waals surface area contributed by atoms with Gasteiger partial charge in [0.05, 0.1) is 17.2 Å². The lowest BCUT2D eigenvalue weighted by Crippen LogP contribution is -2.00. The van der Waals surface area contributed by atoms with Gasteiger partial charge in [0.1, 0.15) is 0 Å². The van der Waals surface area contributed by atoms with Gasteiger partial charge in [-0.05, 0) is 25.7 Å². The summed E-state index contributed by atoms with van der Waals surface area (Å²) in [7, 11) is 0. The summed E-state index contributed by atoms with van der Waals surface area (Å²) in [5.74, 6) is 1.99. The van der Waals surface area contributed by atoms with Gasteiger partial charge in [0.25, 0.3) is 0 Å². The molecular weight excluding hydrogens is 272 g/mol. The Kier molecular flexibility index (Phi) is 3.18. The Labute approximate surface area is 121 Å². The van der Waals surface area contributed by atoms with Crippen LogP contribution < -0.4 is 5.32 Å². The maximum absolute atomic E-state index is 5.70. The first-order valence-corrected chi connectivity index (χ1v) is 8.28. The van der Waals surface area contributed by atoms with Gasteiger partial charge in [0.2, 0.25) is 5.89 Å². The Morgan fingerprint density at radius 3 is 2.80 bits per heavy atom. The van der Waals surface area contributed by atoms with Crippen LogP contribution in [-0.4, -0.2) is 15.2 Å². The highest BCUT2D eigenvalue weighted by Crippen LogP contribution is 2.41. The molecular formula is C14H18N4OS. The van der Waals surface area contributed by atoms with Crippen molar-refractivity contribution in [3.05, 3.63) is 22.0 Å². The molecule has 6 heteroatoms. The molecule has 0 aliphatic heterocycles. The Morgan fingerprint density at radius 1 is 1.15 bits per heavy atom. The number of nitrogens with zero attached hydrogens (tertiary/aromatic N) is 3. The van der Waals surface area contributed by atoms with Crippen molar-refractivity contribution in [3.8, 4) is 0 Å². The van der Waals surface area contributed by atoms with E-state index in [1.165, 1.54) is 43.5 Å². The second-order valence-corrected chi connectivity index (χ2v) is 6.62. The van der Waals surface area contributed by atoms with Crippen LogP contribution in [0.5, 0.6) is 0 Å². The molecule has 0 radical (unpaired) electrons. The molecule has 2 aliphatic carbocycles. The fourth-order valence-corrected chi connectivity index (χ4v) is 3.72. The second-order valence-electron chi connectivity index (χ2n) is 5.73. The first kappa shape index (κ1) is 12.3. The predicted octanol–water partition coefficient (Wildman–Crippen LogP) is 3.67. The molecule has 5 nitrogen and oxygen atoms in total. The minimum Gasteiger partial charge on any atom is -0.408 e. The van der Waals surface area contributed by atoms with Crippen molar-refractivity contribution in [2.45, 2.75) is 56.9 Å². The van der Waals surface area contributed by atoms with E-state index in [1.807, 2.05) is 0 Å². The quantitative estimate of drug-likeness (QED) is 0.910. The summed E-state index contributed by atoms with van der Waals surface area (Å²) in [6.07, 6.45) is 7.51. The second kappa shape index (κ2) is 5.16. The molecule has 20 heavy (non-hydrogen) atoms. The summed E-state index contributed by atoms with van der Waals surface area (Å²) < 4.78 is 5.70. The number of anilines is 1. The fourth-order valence-electron chi connectivity index (χ4n) is 2.73. The van der Waals surface area contributed by atoms with Gasteiger partial charge in [0, 0.05) is 17.2 Å². The third-order valence-corrected chi connectivity index (χ3v) is 5.12. The van der Waals surface area contributed by atoms with Gasteiger partial charge in [-0.2, -0.15) is 0 Å². The van der Waals surface area contributed by atoms with Crippen LogP contribution in [0.4, 0.5) is 6.01 Å². The van der Waals surface area contributed by atoms with Crippen molar-refractivity contribution in [1.82, 2.24) is 15.2 Å². The van der Waals surface area contributed by atoms with Gasteiger partial charge in [0.15, 0.2) is 0 Å². The van der Waals surface area contributed by atoms with Gasteiger partial charge < -0.3 is 9.73 Å². The van der Waals surface area contributed by atoms with Crippen molar-refractivity contribution in [3.63, 3.8) is 0 Å². The zero-order chi connectivity index (χ0) is 13.4. The van der Waals surface area contributed by atoms with Crippen molar-refractivity contribution in [2.24, 2.45) is 0 Å². The summed E-state index contributed by atoms with van der Waals surface area (Å²) in [6, 6.07) is 0.521. The van der Waals surface area contributed by atoms with E-state index >= 15 is 0 Å². The van der Waals surface area contributed by atoms with Gasteiger partial charge in [-0.15, -0.1) is 16.4 Å². The van der Waals surface area contributed by atoms with Crippen LogP contribution in [0.25, 0.3) is 0 Å². The van der Waals surface area contributed by atoms with E-state index in [0.29, 0.717) is 18.5 Å². The molecule has 0 saturated heterocycles. The van der Waals surface area contributed by atoms with Crippen LogP contribution in [-0.2, 0) is 6.54 Å². The van der Waals surface area contributed by atoms with E-state index in [-0.39, 0.29) is 0 Å². The number of thiazole rings is 1. The van der Waals surface area contributed by atoms with Crippen LogP contribution in [0.3, 0.4) is 0 Å². The molecule has 2 aromatic heterocycles. The van der Waals surface area contributed by atoms with E-state index in [2.05, 4.69) is 25.9 Å².